The van der Waals surface area contributed by atoms with Crippen LogP contribution in [0, 0.1) is 5.41 Å². The summed E-state index contributed by atoms with van der Waals surface area (Å²) in [5.41, 5.74) is 0.874. The van der Waals surface area contributed by atoms with Crippen LogP contribution in [0.3, 0.4) is 0 Å². The number of amides is 1. The third-order valence-corrected chi connectivity index (χ3v) is 5.42. The molecule has 3 rings (SSSR count). The van der Waals surface area contributed by atoms with Gasteiger partial charge in [0.05, 0.1) is 6.04 Å². The van der Waals surface area contributed by atoms with E-state index in [-0.39, 0.29) is 11.9 Å². The van der Waals surface area contributed by atoms with Crippen LogP contribution in [0.1, 0.15) is 56.1 Å². The van der Waals surface area contributed by atoms with E-state index in [0.29, 0.717) is 17.2 Å². The maximum Gasteiger partial charge on any atom is 0.274 e. The molecule has 2 unspecified atom stereocenters. The number of piperidine rings is 1. The number of rotatable bonds is 4. The van der Waals surface area contributed by atoms with Crippen molar-refractivity contribution in [2.45, 2.75) is 51.6 Å². The predicted octanol–water partition coefficient (Wildman–Crippen LogP) is 2.07. The summed E-state index contributed by atoms with van der Waals surface area (Å²) in [5.74, 6) is 0.0399. The van der Waals surface area contributed by atoms with Crippen LogP contribution in [-0.4, -0.2) is 46.8 Å². The number of carbonyl (C=O) groups is 1. The van der Waals surface area contributed by atoms with Gasteiger partial charge in [0.2, 0.25) is 0 Å². The number of hydrogen-bond acceptors (Lipinski definition) is 3. The molecule has 2 aliphatic rings. The van der Waals surface area contributed by atoms with Crippen LogP contribution < -0.4 is 5.32 Å². The maximum atomic E-state index is 12.6. The normalized spacial score (nSPS) is 25.4. The Balaban J connectivity index is 1.68. The van der Waals surface area contributed by atoms with E-state index in [9.17, 15) is 4.79 Å². The van der Waals surface area contributed by atoms with Gasteiger partial charge in [-0.2, -0.15) is 5.10 Å². The van der Waals surface area contributed by atoms with Gasteiger partial charge in [0.1, 0.15) is 5.69 Å². The third kappa shape index (κ3) is 2.84. The van der Waals surface area contributed by atoms with Gasteiger partial charge in [0.15, 0.2) is 0 Å². The third-order valence-electron chi connectivity index (χ3n) is 5.42. The quantitative estimate of drug-likeness (QED) is 0.923. The summed E-state index contributed by atoms with van der Waals surface area (Å²) in [6, 6.07) is 2.51. The zero-order chi connectivity index (χ0) is 15.0. The number of nitrogens with zero attached hydrogens (tertiary/aromatic N) is 3. The Kier molecular flexibility index (Phi) is 3.78. The molecule has 2 fully saturated rings. The minimum absolute atomic E-state index is 0.0399. The van der Waals surface area contributed by atoms with Crippen molar-refractivity contribution < 1.29 is 4.79 Å². The molecule has 0 spiro atoms. The molecule has 1 saturated carbocycles. The Morgan fingerprint density at radius 1 is 1.57 bits per heavy atom. The fraction of sp³-hybridized carbons (Fsp3) is 0.750. The van der Waals surface area contributed by atoms with Gasteiger partial charge >= 0.3 is 0 Å². The van der Waals surface area contributed by atoms with Crippen molar-refractivity contribution in [3.05, 3.63) is 18.0 Å². The molecule has 1 aromatic rings. The van der Waals surface area contributed by atoms with Gasteiger partial charge in [-0.1, -0.05) is 6.92 Å². The largest absolute Gasteiger partial charge is 0.337 e. The Morgan fingerprint density at radius 3 is 2.95 bits per heavy atom. The van der Waals surface area contributed by atoms with Crippen LogP contribution in [0.4, 0.5) is 0 Å². The average Bonchev–Trinajstić information content (AvgIpc) is 3.08. The van der Waals surface area contributed by atoms with Crippen LogP contribution in [0.5, 0.6) is 0 Å². The van der Waals surface area contributed by atoms with E-state index in [4.69, 9.17) is 0 Å². The summed E-state index contributed by atoms with van der Waals surface area (Å²) < 4.78 is 1.96. The van der Waals surface area contributed by atoms with Crippen molar-refractivity contribution in [1.29, 1.82) is 0 Å². The summed E-state index contributed by atoms with van der Waals surface area (Å²) in [6.07, 6.45) is 6.68. The second-order valence-corrected chi connectivity index (χ2v) is 6.93. The fourth-order valence-corrected chi connectivity index (χ4v) is 3.15. The smallest absolute Gasteiger partial charge is 0.274 e. The van der Waals surface area contributed by atoms with Crippen molar-refractivity contribution >= 4 is 5.91 Å². The molecular formula is C16H26N4O. The molecule has 5 heteroatoms. The summed E-state index contributed by atoms with van der Waals surface area (Å²) >= 11 is 0. The summed E-state index contributed by atoms with van der Waals surface area (Å²) in [5, 5.41) is 7.91. The van der Waals surface area contributed by atoms with Crippen LogP contribution in [0.15, 0.2) is 12.3 Å². The molecular weight excluding hydrogens is 264 g/mol. The van der Waals surface area contributed by atoms with Gasteiger partial charge in [0.25, 0.3) is 5.91 Å². The van der Waals surface area contributed by atoms with Crippen molar-refractivity contribution in [2.24, 2.45) is 5.41 Å². The highest BCUT2D eigenvalue weighted by Gasteiger charge is 2.45. The van der Waals surface area contributed by atoms with E-state index in [1.165, 1.54) is 19.3 Å². The molecule has 0 radical (unpaired) electrons. The van der Waals surface area contributed by atoms with Crippen molar-refractivity contribution in [3.63, 3.8) is 0 Å². The fourth-order valence-electron chi connectivity index (χ4n) is 3.15. The summed E-state index contributed by atoms with van der Waals surface area (Å²) in [7, 11) is 1.90. The summed E-state index contributed by atoms with van der Waals surface area (Å²) in [6.45, 7) is 6.43. The first-order chi connectivity index (χ1) is 10.0. The van der Waals surface area contributed by atoms with Crippen molar-refractivity contribution in [1.82, 2.24) is 20.0 Å². The van der Waals surface area contributed by atoms with Gasteiger partial charge in [-0.15, -0.1) is 0 Å². The zero-order valence-electron chi connectivity index (χ0n) is 13.3. The van der Waals surface area contributed by atoms with E-state index in [0.717, 1.165) is 19.5 Å². The topological polar surface area (TPSA) is 50.2 Å². The van der Waals surface area contributed by atoms with E-state index in [1.54, 1.807) is 0 Å². The molecule has 1 aromatic heterocycles. The van der Waals surface area contributed by atoms with E-state index >= 15 is 0 Å². The molecule has 0 aromatic carbocycles. The SMILES string of the molecule is CC(N(C)C(=O)c1ccn(C2CCCNC2)n1)C1(C)CC1. The van der Waals surface area contributed by atoms with E-state index in [2.05, 4.69) is 24.3 Å². The first-order valence-corrected chi connectivity index (χ1v) is 8.04. The molecule has 1 amide bonds. The molecule has 1 aliphatic heterocycles. The van der Waals surface area contributed by atoms with Crippen LogP contribution in [0.25, 0.3) is 0 Å². The standard InChI is InChI=1S/C16H26N4O/c1-12(16(2)7-8-16)19(3)15(21)14-6-10-20(18-14)13-5-4-9-17-11-13/h6,10,12-13,17H,4-5,7-9,11H2,1-3H3. The van der Waals surface area contributed by atoms with Crippen LogP contribution in [-0.2, 0) is 0 Å². The lowest BCUT2D eigenvalue weighted by molar-refractivity contribution is 0.0677. The highest BCUT2D eigenvalue weighted by molar-refractivity contribution is 5.92. The maximum absolute atomic E-state index is 12.6. The second-order valence-electron chi connectivity index (χ2n) is 6.93. The average molecular weight is 290 g/mol. The van der Waals surface area contributed by atoms with Gasteiger partial charge in [-0.25, -0.2) is 0 Å². The van der Waals surface area contributed by atoms with Crippen molar-refractivity contribution in [3.8, 4) is 0 Å². The number of carbonyl (C=O) groups excluding carboxylic acids is 1. The Labute approximate surface area is 126 Å². The summed E-state index contributed by atoms with van der Waals surface area (Å²) in [4.78, 5) is 14.5. The van der Waals surface area contributed by atoms with E-state index < -0.39 is 0 Å². The number of aromatic nitrogens is 2. The Bertz CT molecular complexity index is 514. The lowest BCUT2D eigenvalue weighted by atomic mass is 9.99. The monoisotopic (exact) mass is 290 g/mol. The lowest BCUT2D eigenvalue weighted by Gasteiger charge is -2.29. The Morgan fingerprint density at radius 2 is 2.33 bits per heavy atom. The molecule has 0 bridgehead atoms. The molecule has 1 saturated heterocycles. The van der Waals surface area contributed by atoms with Gasteiger partial charge in [-0.3, -0.25) is 9.48 Å². The van der Waals surface area contributed by atoms with Crippen LogP contribution in [0.2, 0.25) is 0 Å². The molecule has 2 heterocycles. The molecule has 5 nitrogen and oxygen atoms in total. The second kappa shape index (κ2) is 5.44. The zero-order valence-corrected chi connectivity index (χ0v) is 13.3. The molecule has 2 atom stereocenters. The first-order valence-electron chi connectivity index (χ1n) is 8.04. The van der Waals surface area contributed by atoms with Gasteiger partial charge < -0.3 is 10.2 Å². The van der Waals surface area contributed by atoms with Gasteiger partial charge in [0, 0.05) is 25.8 Å². The minimum Gasteiger partial charge on any atom is -0.337 e. The van der Waals surface area contributed by atoms with Gasteiger partial charge in [-0.05, 0) is 50.6 Å². The number of nitrogens with one attached hydrogen (secondary N) is 1. The number of hydrogen-bond donors (Lipinski definition) is 1. The molecule has 1 aliphatic carbocycles. The molecule has 116 valence electrons. The lowest BCUT2D eigenvalue weighted by Crippen LogP contribution is -2.40. The predicted molar refractivity (Wildman–Crippen MR) is 82.3 cm³/mol. The highest BCUT2D eigenvalue weighted by atomic mass is 16.2. The van der Waals surface area contributed by atoms with Crippen LogP contribution >= 0.6 is 0 Å². The first kappa shape index (κ1) is 14.6. The highest BCUT2D eigenvalue weighted by Crippen LogP contribution is 2.49. The van der Waals surface area contributed by atoms with E-state index in [1.807, 2.05) is 28.9 Å². The molecule has 1 N–H and O–H groups in total. The Hall–Kier alpha value is -1.36. The van der Waals surface area contributed by atoms with Crippen molar-refractivity contribution in [2.75, 3.05) is 20.1 Å². The molecule has 21 heavy (non-hydrogen) atoms. The minimum atomic E-state index is 0.0399.